The first-order valence-corrected chi connectivity index (χ1v) is 5.33. The zero-order chi connectivity index (χ0) is 11.4. The molecule has 16 heavy (non-hydrogen) atoms. The molecule has 6 nitrogen and oxygen atoms in total. The monoisotopic (exact) mass is 285 g/mol. The van der Waals surface area contributed by atoms with Crippen LogP contribution in [0, 0.1) is 0 Å². The second-order valence-corrected chi connectivity index (χ2v) is 3.67. The maximum Gasteiger partial charge on any atom is 0.255 e. The van der Waals surface area contributed by atoms with E-state index >= 15 is 0 Å². The molecule has 1 amide bonds. The van der Waals surface area contributed by atoms with Crippen molar-refractivity contribution < 1.29 is 13.7 Å². The van der Waals surface area contributed by atoms with Crippen LogP contribution in [0.1, 0.15) is 16.2 Å². The van der Waals surface area contributed by atoms with Crippen LogP contribution in [0.25, 0.3) is 0 Å². The number of furan rings is 1. The highest BCUT2D eigenvalue weighted by Gasteiger charge is 2.12. The van der Waals surface area contributed by atoms with Crippen molar-refractivity contribution in [1.29, 1.82) is 0 Å². The SMILES string of the molecule is O=C(NCCc1ncno1)c1ccoc1Br. The summed E-state index contributed by atoms with van der Waals surface area (Å²) in [6.45, 7) is 0.429. The van der Waals surface area contributed by atoms with Gasteiger partial charge in [-0.05, 0) is 22.0 Å². The third-order valence-corrected chi connectivity index (χ3v) is 2.51. The molecule has 0 aliphatic rings. The van der Waals surface area contributed by atoms with Gasteiger partial charge in [0.25, 0.3) is 5.91 Å². The van der Waals surface area contributed by atoms with Crippen LogP contribution in [0.3, 0.4) is 0 Å². The zero-order valence-electron chi connectivity index (χ0n) is 8.14. The summed E-state index contributed by atoms with van der Waals surface area (Å²) in [4.78, 5) is 15.4. The van der Waals surface area contributed by atoms with Crippen molar-refractivity contribution in [1.82, 2.24) is 15.5 Å². The van der Waals surface area contributed by atoms with Gasteiger partial charge in [-0.15, -0.1) is 0 Å². The average molecular weight is 286 g/mol. The van der Waals surface area contributed by atoms with Gasteiger partial charge in [0, 0.05) is 13.0 Å². The summed E-state index contributed by atoms with van der Waals surface area (Å²) in [5.41, 5.74) is 0.463. The zero-order valence-corrected chi connectivity index (χ0v) is 9.73. The van der Waals surface area contributed by atoms with E-state index in [1.807, 2.05) is 0 Å². The molecule has 0 unspecified atom stereocenters. The van der Waals surface area contributed by atoms with Crippen LogP contribution in [0.4, 0.5) is 0 Å². The fourth-order valence-electron chi connectivity index (χ4n) is 1.14. The van der Waals surface area contributed by atoms with Gasteiger partial charge in [0.15, 0.2) is 11.0 Å². The summed E-state index contributed by atoms with van der Waals surface area (Å²) >= 11 is 3.13. The van der Waals surface area contributed by atoms with Crippen LogP contribution >= 0.6 is 15.9 Å². The Morgan fingerprint density at radius 1 is 1.56 bits per heavy atom. The molecule has 7 heteroatoms. The molecule has 0 radical (unpaired) electrons. The Balaban J connectivity index is 1.83. The molecule has 0 saturated heterocycles. The maximum absolute atomic E-state index is 11.6. The van der Waals surface area contributed by atoms with Crippen LogP contribution in [0.5, 0.6) is 0 Å². The number of rotatable bonds is 4. The third-order valence-electron chi connectivity index (χ3n) is 1.89. The van der Waals surface area contributed by atoms with Gasteiger partial charge in [-0.3, -0.25) is 4.79 Å². The Labute approximate surface area is 99.1 Å². The van der Waals surface area contributed by atoms with E-state index in [9.17, 15) is 4.79 Å². The Kier molecular flexibility index (Phi) is 3.35. The van der Waals surface area contributed by atoms with Gasteiger partial charge in [0.2, 0.25) is 5.89 Å². The van der Waals surface area contributed by atoms with Gasteiger partial charge in [0.05, 0.1) is 11.8 Å². The molecule has 0 atom stereocenters. The molecule has 2 aromatic heterocycles. The lowest BCUT2D eigenvalue weighted by atomic mass is 10.3. The number of hydrogen-bond donors (Lipinski definition) is 1. The van der Waals surface area contributed by atoms with Gasteiger partial charge in [-0.1, -0.05) is 5.16 Å². The fraction of sp³-hybridized carbons (Fsp3) is 0.222. The normalized spacial score (nSPS) is 10.3. The summed E-state index contributed by atoms with van der Waals surface area (Å²) in [5.74, 6) is 0.284. The highest BCUT2D eigenvalue weighted by atomic mass is 79.9. The van der Waals surface area contributed by atoms with Crippen LogP contribution in [-0.2, 0) is 6.42 Å². The van der Waals surface area contributed by atoms with Gasteiger partial charge in [-0.2, -0.15) is 4.98 Å². The summed E-state index contributed by atoms with van der Waals surface area (Å²) in [5, 5.41) is 6.17. The summed E-state index contributed by atoms with van der Waals surface area (Å²) in [6.07, 6.45) is 3.27. The van der Waals surface area contributed by atoms with Crippen molar-refractivity contribution in [2.75, 3.05) is 6.54 Å². The van der Waals surface area contributed by atoms with Crippen molar-refractivity contribution in [3.63, 3.8) is 0 Å². The lowest BCUT2D eigenvalue weighted by molar-refractivity contribution is 0.0951. The summed E-state index contributed by atoms with van der Waals surface area (Å²) in [7, 11) is 0. The molecule has 0 aliphatic heterocycles. The number of halogens is 1. The highest BCUT2D eigenvalue weighted by Crippen LogP contribution is 2.16. The highest BCUT2D eigenvalue weighted by molar-refractivity contribution is 9.10. The van der Waals surface area contributed by atoms with Crippen molar-refractivity contribution in [2.45, 2.75) is 6.42 Å². The van der Waals surface area contributed by atoms with E-state index in [4.69, 9.17) is 8.94 Å². The first kappa shape index (κ1) is 10.9. The van der Waals surface area contributed by atoms with Crippen molar-refractivity contribution in [3.8, 4) is 0 Å². The number of hydrogen-bond acceptors (Lipinski definition) is 5. The number of aromatic nitrogens is 2. The average Bonchev–Trinajstić information content (AvgIpc) is 2.88. The Hall–Kier alpha value is -1.63. The van der Waals surface area contributed by atoms with E-state index in [2.05, 4.69) is 31.4 Å². The summed E-state index contributed by atoms with van der Waals surface area (Å²) in [6, 6.07) is 1.59. The number of carbonyl (C=O) groups is 1. The van der Waals surface area contributed by atoms with Gasteiger partial charge < -0.3 is 14.3 Å². The lowest BCUT2D eigenvalue weighted by Crippen LogP contribution is -2.25. The Morgan fingerprint density at radius 3 is 3.06 bits per heavy atom. The van der Waals surface area contributed by atoms with Crippen molar-refractivity contribution >= 4 is 21.8 Å². The molecule has 0 spiro atoms. The minimum Gasteiger partial charge on any atom is -0.457 e. The maximum atomic E-state index is 11.6. The van der Waals surface area contributed by atoms with E-state index in [0.29, 0.717) is 29.1 Å². The van der Waals surface area contributed by atoms with E-state index < -0.39 is 0 Å². The van der Waals surface area contributed by atoms with E-state index in [1.54, 1.807) is 6.07 Å². The second-order valence-electron chi connectivity index (χ2n) is 2.95. The molecule has 0 aliphatic carbocycles. The molecule has 0 aromatic carbocycles. The first-order valence-electron chi connectivity index (χ1n) is 4.54. The standard InChI is InChI=1S/C9H8BrN3O3/c10-8-6(2-4-15-8)9(14)11-3-1-7-12-5-13-16-7/h2,4-5H,1,3H2,(H,11,14). The van der Waals surface area contributed by atoms with Gasteiger partial charge in [-0.25, -0.2) is 0 Å². The molecule has 2 aromatic rings. The lowest BCUT2D eigenvalue weighted by Gasteiger charge is -2.00. The van der Waals surface area contributed by atoms with Gasteiger partial charge >= 0.3 is 0 Å². The summed E-state index contributed by atoms with van der Waals surface area (Å²) < 4.78 is 10.2. The fourth-order valence-corrected chi connectivity index (χ4v) is 1.56. The minimum atomic E-state index is -0.208. The predicted molar refractivity (Wildman–Crippen MR) is 56.7 cm³/mol. The molecule has 0 bridgehead atoms. The van der Waals surface area contributed by atoms with Gasteiger partial charge in [0.1, 0.15) is 0 Å². The quantitative estimate of drug-likeness (QED) is 0.918. The van der Waals surface area contributed by atoms with Crippen LogP contribution in [-0.4, -0.2) is 22.6 Å². The van der Waals surface area contributed by atoms with E-state index in [1.165, 1.54) is 12.6 Å². The van der Waals surface area contributed by atoms with E-state index in [-0.39, 0.29) is 5.91 Å². The second kappa shape index (κ2) is 4.93. The van der Waals surface area contributed by atoms with Crippen LogP contribution in [0.15, 0.2) is 32.3 Å². The van der Waals surface area contributed by atoms with Crippen LogP contribution in [0.2, 0.25) is 0 Å². The Morgan fingerprint density at radius 2 is 2.44 bits per heavy atom. The van der Waals surface area contributed by atoms with E-state index in [0.717, 1.165) is 0 Å². The Bertz CT molecular complexity index is 466. The first-order chi connectivity index (χ1) is 7.77. The molecular formula is C9H8BrN3O3. The number of nitrogens with zero attached hydrogens (tertiary/aromatic N) is 2. The van der Waals surface area contributed by atoms with Crippen LogP contribution < -0.4 is 5.32 Å². The molecule has 2 rings (SSSR count). The molecule has 1 N–H and O–H groups in total. The van der Waals surface area contributed by atoms with Crippen molar-refractivity contribution in [3.05, 3.63) is 34.8 Å². The molecule has 0 saturated carbocycles. The molecule has 2 heterocycles. The van der Waals surface area contributed by atoms with Crippen molar-refractivity contribution in [2.24, 2.45) is 0 Å². The molecular weight excluding hydrogens is 278 g/mol. The molecule has 0 fully saturated rings. The number of carbonyl (C=O) groups excluding carboxylic acids is 1. The molecule has 84 valence electrons. The number of nitrogens with one attached hydrogen (secondary N) is 1. The topological polar surface area (TPSA) is 81.2 Å². The third kappa shape index (κ3) is 2.48. The largest absolute Gasteiger partial charge is 0.457 e. The predicted octanol–water partition coefficient (Wildman–Crippen LogP) is 1.40. The smallest absolute Gasteiger partial charge is 0.255 e. The number of amides is 1. The minimum absolute atomic E-state index is 0.208.